The van der Waals surface area contributed by atoms with Crippen LogP contribution in [0.4, 0.5) is 0 Å². The molecular formula is C22H25N5S. The summed E-state index contributed by atoms with van der Waals surface area (Å²) in [5.41, 5.74) is 3.92. The lowest BCUT2D eigenvalue weighted by atomic mass is 9.96. The van der Waals surface area contributed by atoms with Crippen LogP contribution in [0.25, 0.3) is 22.3 Å². The molecule has 1 saturated heterocycles. The first-order valence-corrected chi connectivity index (χ1v) is 10.8. The van der Waals surface area contributed by atoms with E-state index < -0.39 is 0 Å². The maximum Gasteiger partial charge on any atom is 0.234 e. The quantitative estimate of drug-likeness (QED) is 0.657. The Balaban J connectivity index is 1.55. The normalized spacial score (nSPS) is 15.0. The molecule has 0 spiro atoms. The van der Waals surface area contributed by atoms with Crippen LogP contribution in [0.1, 0.15) is 30.7 Å². The van der Waals surface area contributed by atoms with E-state index in [1.807, 2.05) is 35.6 Å². The van der Waals surface area contributed by atoms with Gasteiger partial charge < -0.3 is 9.88 Å². The van der Waals surface area contributed by atoms with Crippen LogP contribution in [0.3, 0.4) is 0 Å². The highest BCUT2D eigenvalue weighted by molar-refractivity contribution is 7.99. The van der Waals surface area contributed by atoms with Crippen LogP contribution < -0.4 is 5.32 Å². The molecule has 1 aliphatic heterocycles. The summed E-state index contributed by atoms with van der Waals surface area (Å²) in [7, 11) is 1.94. The van der Waals surface area contributed by atoms with E-state index in [0.717, 1.165) is 28.2 Å². The Labute approximate surface area is 170 Å². The number of rotatable bonds is 5. The summed E-state index contributed by atoms with van der Waals surface area (Å²) in [6, 6.07) is 10.6. The van der Waals surface area contributed by atoms with E-state index in [2.05, 4.69) is 46.5 Å². The highest BCUT2D eigenvalue weighted by Crippen LogP contribution is 2.32. The van der Waals surface area contributed by atoms with Crippen molar-refractivity contribution in [3.63, 3.8) is 0 Å². The fourth-order valence-electron chi connectivity index (χ4n) is 3.87. The van der Waals surface area contributed by atoms with Crippen molar-refractivity contribution >= 4 is 22.8 Å². The third-order valence-corrected chi connectivity index (χ3v) is 6.72. The van der Waals surface area contributed by atoms with Gasteiger partial charge in [0.15, 0.2) is 0 Å². The predicted molar refractivity (Wildman–Crippen MR) is 114 cm³/mol. The summed E-state index contributed by atoms with van der Waals surface area (Å²) in [6.45, 7) is 4.49. The number of aryl methyl sites for hydroxylation is 2. The van der Waals surface area contributed by atoms with Crippen LogP contribution in [0, 0.1) is 24.2 Å². The summed E-state index contributed by atoms with van der Waals surface area (Å²) < 4.78 is 1.93. The van der Waals surface area contributed by atoms with Crippen molar-refractivity contribution in [2.24, 2.45) is 13.0 Å². The lowest BCUT2D eigenvalue weighted by molar-refractivity contribution is 0.367. The summed E-state index contributed by atoms with van der Waals surface area (Å²) >= 11 is 1.95. The van der Waals surface area contributed by atoms with E-state index in [1.165, 1.54) is 48.6 Å². The molecule has 2 aromatic heterocycles. The Kier molecular flexibility index (Phi) is 5.65. The number of hydrogen-bond donors (Lipinski definition) is 1. The van der Waals surface area contributed by atoms with E-state index in [1.54, 1.807) is 0 Å². The largest absolute Gasteiger partial charge is 0.335 e. The van der Waals surface area contributed by atoms with E-state index in [4.69, 9.17) is 0 Å². The highest BCUT2D eigenvalue weighted by Gasteiger charge is 2.15. The van der Waals surface area contributed by atoms with Crippen molar-refractivity contribution in [3.8, 4) is 17.3 Å². The maximum absolute atomic E-state index is 9.31. The fourth-order valence-corrected chi connectivity index (χ4v) is 4.99. The molecule has 1 aliphatic rings. The smallest absolute Gasteiger partial charge is 0.234 e. The standard InChI is InChI=1S/C22H25N5S/c1-15-13-17(3-4-19(15)28-12-8-16-5-9-24-10-6-16)21-18-7-11-27(2)22(18)26-20(14-23)25-21/h3-4,7,11,13,16,24H,5-6,8-10,12H2,1-2H3. The lowest BCUT2D eigenvalue weighted by Crippen LogP contribution is -2.27. The zero-order valence-corrected chi connectivity index (χ0v) is 17.2. The van der Waals surface area contributed by atoms with Gasteiger partial charge in [-0.1, -0.05) is 6.07 Å². The van der Waals surface area contributed by atoms with Crippen LogP contribution in [-0.4, -0.2) is 33.4 Å². The fraction of sp³-hybridized carbons (Fsp3) is 0.409. The number of nitrogens with one attached hydrogen (secondary N) is 1. The van der Waals surface area contributed by atoms with Crippen LogP contribution in [0.5, 0.6) is 0 Å². The van der Waals surface area contributed by atoms with Gasteiger partial charge in [-0.2, -0.15) is 5.26 Å². The second-order valence-electron chi connectivity index (χ2n) is 7.48. The van der Waals surface area contributed by atoms with E-state index in [0.29, 0.717) is 0 Å². The Hall–Kier alpha value is -2.36. The van der Waals surface area contributed by atoms with E-state index >= 15 is 0 Å². The van der Waals surface area contributed by atoms with Crippen LogP contribution in [0.15, 0.2) is 35.4 Å². The first-order chi connectivity index (χ1) is 13.7. The number of fused-ring (bicyclic) bond motifs is 1. The molecule has 4 rings (SSSR count). The molecule has 28 heavy (non-hydrogen) atoms. The van der Waals surface area contributed by atoms with Gasteiger partial charge in [0.1, 0.15) is 11.7 Å². The number of benzene rings is 1. The van der Waals surface area contributed by atoms with Crippen LogP contribution in [-0.2, 0) is 7.05 Å². The zero-order chi connectivity index (χ0) is 19.5. The molecule has 1 aromatic carbocycles. The monoisotopic (exact) mass is 391 g/mol. The molecule has 6 heteroatoms. The Bertz CT molecular complexity index is 1030. The summed E-state index contributed by atoms with van der Waals surface area (Å²) in [5, 5.41) is 13.7. The second kappa shape index (κ2) is 8.34. The first-order valence-electron chi connectivity index (χ1n) is 9.83. The Morgan fingerprint density at radius 1 is 1.25 bits per heavy atom. The SMILES string of the molecule is Cc1cc(-c2nc(C#N)nc3c2ccn3C)ccc1SCCC1CCNCC1. The number of nitriles is 1. The minimum Gasteiger partial charge on any atom is -0.335 e. The van der Waals surface area contributed by atoms with Crippen LogP contribution >= 0.6 is 11.8 Å². The summed E-state index contributed by atoms with van der Waals surface area (Å²) in [4.78, 5) is 10.2. The average molecular weight is 392 g/mol. The number of hydrogen-bond acceptors (Lipinski definition) is 5. The molecule has 0 unspecified atom stereocenters. The number of piperidine rings is 1. The van der Waals surface area contributed by atoms with Gasteiger partial charge in [0.05, 0.1) is 5.69 Å². The molecule has 0 aliphatic carbocycles. The van der Waals surface area contributed by atoms with Gasteiger partial charge in [0.25, 0.3) is 0 Å². The maximum atomic E-state index is 9.31. The van der Waals surface area contributed by atoms with Gasteiger partial charge in [-0.3, -0.25) is 0 Å². The molecular weight excluding hydrogens is 366 g/mol. The third kappa shape index (κ3) is 3.91. The molecule has 0 amide bonds. The minimum atomic E-state index is 0.211. The molecule has 5 nitrogen and oxygen atoms in total. The molecule has 3 heterocycles. The van der Waals surface area contributed by atoms with Gasteiger partial charge in [0.2, 0.25) is 5.82 Å². The second-order valence-corrected chi connectivity index (χ2v) is 8.62. The lowest BCUT2D eigenvalue weighted by Gasteiger charge is -2.22. The molecule has 0 saturated carbocycles. The molecule has 0 atom stereocenters. The minimum absolute atomic E-state index is 0.211. The van der Waals surface area contributed by atoms with Gasteiger partial charge in [-0.05, 0) is 74.7 Å². The van der Waals surface area contributed by atoms with Crippen LogP contribution in [0.2, 0.25) is 0 Å². The van der Waals surface area contributed by atoms with Crippen molar-refractivity contribution in [2.75, 3.05) is 18.8 Å². The molecule has 0 bridgehead atoms. The van der Waals surface area contributed by atoms with E-state index in [9.17, 15) is 5.26 Å². The molecule has 0 radical (unpaired) electrons. The van der Waals surface area contributed by atoms with Gasteiger partial charge in [0, 0.05) is 29.1 Å². The van der Waals surface area contributed by atoms with Gasteiger partial charge >= 0.3 is 0 Å². The van der Waals surface area contributed by atoms with Gasteiger partial charge in [-0.15, -0.1) is 11.8 Å². The number of nitrogens with zero attached hydrogens (tertiary/aromatic N) is 4. The first kappa shape index (κ1) is 19.0. The van der Waals surface area contributed by atoms with Crippen molar-refractivity contribution in [1.29, 1.82) is 5.26 Å². The van der Waals surface area contributed by atoms with Crippen molar-refractivity contribution in [3.05, 3.63) is 41.9 Å². The highest BCUT2D eigenvalue weighted by atomic mass is 32.2. The Morgan fingerprint density at radius 3 is 2.82 bits per heavy atom. The Morgan fingerprint density at radius 2 is 2.07 bits per heavy atom. The van der Waals surface area contributed by atoms with Gasteiger partial charge in [-0.25, -0.2) is 9.97 Å². The zero-order valence-electron chi connectivity index (χ0n) is 16.4. The molecule has 144 valence electrons. The number of thioether (sulfide) groups is 1. The molecule has 3 aromatic rings. The topological polar surface area (TPSA) is 66.5 Å². The average Bonchev–Trinajstić information content (AvgIpc) is 3.10. The number of aromatic nitrogens is 3. The molecule has 1 N–H and O–H groups in total. The summed E-state index contributed by atoms with van der Waals surface area (Å²) in [5.74, 6) is 2.24. The molecule has 1 fully saturated rings. The predicted octanol–water partition coefficient (Wildman–Crippen LogP) is 4.30. The van der Waals surface area contributed by atoms with Crippen molar-refractivity contribution in [2.45, 2.75) is 31.1 Å². The third-order valence-electron chi connectivity index (χ3n) is 5.52. The van der Waals surface area contributed by atoms with Crippen molar-refractivity contribution in [1.82, 2.24) is 19.9 Å². The van der Waals surface area contributed by atoms with E-state index in [-0.39, 0.29) is 5.82 Å². The van der Waals surface area contributed by atoms with Crippen molar-refractivity contribution < 1.29 is 0 Å². The summed E-state index contributed by atoms with van der Waals surface area (Å²) in [6.07, 6.45) is 5.86.